The highest BCUT2D eigenvalue weighted by Crippen LogP contribution is 2.22. The molecule has 2 N–H and O–H groups in total. The number of hydrogen-bond acceptors (Lipinski definition) is 4. The number of urea groups is 1. The lowest BCUT2D eigenvalue weighted by Gasteiger charge is -2.23. The van der Waals surface area contributed by atoms with Crippen LogP contribution < -0.4 is 10.6 Å². The third-order valence-corrected chi connectivity index (χ3v) is 4.44. The average molecular weight is 297 g/mol. The number of thiophene rings is 1. The SMILES string of the molecule is CN(C)C(CNC(=O)NCC1CCCO1)c1cccs1. The van der Waals surface area contributed by atoms with Crippen LogP contribution in [0.1, 0.15) is 23.8 Å². The molecule has 0 aromatic carbocycles. The summed E-state index contributed by atoms with van der Waals surface area (Å²) in [6.07, 6.45) is 2.31. The Bertz CT molecular complexity index is 403. The zero-order valence-electron chi connectivity index (χ0n) is 12.1. The van der Waals surface area contributed by atoms with Crippen molar-refractivity contribution in [3.8, 4) is 0 Å². The highest BCUT2D eigenvalue weighted by atomic mass is 32.1. The van der Waals surface area contributed by atoms with Crippen molar-refractivity contribution >= 4 is 17.4 Å². The monoisotopic (exact) mass is 297 g/mol. The molecule has 20 heavy (non-hydrogen) atoms. The van der Waals surface area contributed by atoms with Gasteiger partial charge in [-0.2, -0.15) is 0 Å². The first kappa shape index (κ1) is 15.3. The molecular formula is C14H23N3O2S. The van der Waals surface area contributed by atoms with Gasteiger partial charge in [-0.15, -0.1) is 11.3 Å². The number of nitrogens with zero attached hydrogens (tertiary/aromatic N) is 1. The van der Waals surface area contributed by atoms with Crippen LogP contribution in [0, 0.1) is 0 Å². The van der Waals surface area contributed by atoms with Gasteiger partial charge in [-0.05, 0) is 38.4 Å². The standard InChI is InChI=1S/C14H23N3O2S/c1-17(2)12(13-6-4-8-20-13)10-16-14(18)15-9-11-5-3-7-19-11/h4,6,8,11-12H,3,5,7,9-10H2,1-2H3,(H2,15,16,18). The first-order chi connectivity index (χ1) is 9.66. The van der Waals surface area contributed by atoms with Gasteiger partial charge in [0.15, 0.2) is 0 Å². The quantitative estimate of drug-likeness (QED) is 0.842. The molecule has 1 fully saturated rings. The first-order valence-corrected chi connectivity index (χ1v) is 7.88. The van der Waals surface area contributed by atoms with Gasteiger partial charge in [0.25, 0.3) is 0 Å². The second-order valence-corrected chi connectivity index (χ2v) is 6.20. The summed E-state index contributed by atoms with van der Waals surface area (Å²) in [4.78, 5) is 15.2. The summed E-state index contributed by atoms with van der Waals surface area (Å²) in [6, 6.07) is 4.22. The lowest BCUT2D eigenvalue weighted by atomic mass is 10.2. The van der Waals surface area contributed by atoms with Crippen LogP contribution in [0.3, 0.4) is 0 Å². The number of likely N-dealkylation sites (N-methyl/N-ethyl adjacent to an activating group) is 1. The maximum Gasteiger partial charge on any atom is 0.314 e. The smallest absolute Gasteiger partial charge is 0.314 e. The van der Waals surface area contributed by atoms with E-state index in [2.05, 4.69) is 27.0 Å². The molecule has 1 aromatic heterocycles. The fourth-order valence-corrected chi connectivity index (χ4v) is 3.20. The number of amides is 2. The van der Waals surface area contributed by atoms with Crippen LogP contribution in [0.25, 0.3) is 0 Å². The fourth-order valence-electron chi connectivity index (χ4n) is 2.28. The lowest BCUT2D eigenvalue weighted by Crippen LogP contribution is -2.42. The van der Waals surface area contributed by atoms with Gasteiger partial charge in [-0.3, -0.25) is 0 Å². The minimum Gasteiger partial charge on any atom is -0.376 e. The van der Waals surface area contributed by atoms with Gasteiger partial charge in [0.05, 0.1) is 12.1 Å². The Kier molecular flexibility index (Phi) is 5.82. The van der Waals surface area contributed by atoms with Gasteiger partial charge < -0.3 is 20.3 Å². The maximum absolute atomic E-state index is 11.8. The summed E-state index contributed by atoms with van der Waals surface area (Å²) in [5, 5.41) is 7.87. The molecular weight excluding hydrogens is 274 g/mol. The zero-order chi connectivity index (χ0) is 14.4. The molecule has 5 nitrogen and oxygen atoms in total. The Labute approximate surface area is 124 Å². The third-order valence-electron chi connectivity index (χ3n) is 3.47. The van der Waals surface area contributed by atoms with E-state index in [0.717, 1.165) is 19.4 Å². The van der Waals surface area contributed by atoms with Crippen LogP contribution in [0.5, 0.6) is 0 Å². The molecule has 112 valence electrons. The Balaban J connectivity index is 1.73. The summed E-state index contributed by atoms with van der Waals surface area (Å²) < 4.78 is 5.48. The van der Waals surface area contributed by atoms with E-state index in [9.17, 15) is 4.79 Å². The molecule has 1 aliphatic heterocycles. The van der Waals surface area contributed by atoms with Gasteiger partial charge >= 0.3 is 6.03 Å². The van der Waals surface area contributed by atoms with E-state index in [0.29, 0.717) is 13.1 Å². The molecule has 2 unspecified atom stereocenters. The normalized spacial score (nSPS) is 20.1. The van der Waals surface area contributed by atoms with Crippen LogP contribution in [0.4, 0.5) is 4.79 Å². The fraction of sp³-hybridized carbons (Fsp3) is 0.643. The highest BCUT2D eigenvalue weighted by Gasteiger charge is 2.18. The number of carbonyl (C=O) groups excluding carboxylic acids is 1. The summed E-state index contributed by atoms with van der Waals surface area (Å²) in [5.74, 6) is 0. The van der Waals surface area contributed by atoms with Crippen molar-refractivity contribution in [2.45, 2.75) is 25.0 Å². The van der Waals surface area contributed by atoms with Gasteiger partial charge in [0, 0.05) is 24.6 Å². The van der Waals surface area contributed by atoms with Crippen molar-refractivity contribution in [1.29, 1.82) is 0 Å². The Morgan fingerprint density at radius 3 is 3.00 bits per heavy atom. The van der Waals surface area contributed by atoms with E-state index >= 15 is 0 Å². The molecule has 0 aliphatic carbocycles. The lowest BCUT2D eigenvalue weighted by molar-refractivity contribution is 0.111. The van der Waals surface area contributed by atoms with Crippen LogP contribution in [0.2, 0.25) is 0 Å². The van der Waals surface area contributed by atoms with Gasteiger partial charge in [-0.1, -0.05) is 6.07 Å². The van der Waals surface area contributed by atoms with Gasteiger partial charge in [-0.25, -0.2) is 4.79 Å². The maximum atomic E-state index is 11.8. The van der Waals surface area contributed by atoms with Crippen LogP contribution in [-0.4, -0.2) is 50.8 Å². The molecule has 0 radical (unpaired) electrons. The predicted molar refractivity (Wildman–Crippen MR) is 81.1 cm³/mol. The average Bonchev–Trinajstić information content (AvgIpc) is 3.09. The molecule has 0 saturated carbocycles. The number of hydrogen-bond donors (Lipinski definition) is 2. The second kappa shape index (κ2) is 7.61. The molecule has 1 aromatic rings. The Hall–Kier alpha value is -1.11. The first-order valence-electron chi connectivity index (χ1n) is 7.00. The number of ether oxygens (including phenoxy) is 1. The number of rotatable bonds is 6. The second-order valence-electron chi connectivity index (χ2n) is 5.22. The predicted octanol–water partition coefficient (Wildman–Crippen LogP) is 1.83. The minimum absolute atomic E-state index is 0.121. The van der Waals surface area contributed by atoms with E-state index < -0.39 is 0 Å². The number of carbonyl (C=O) groups is 1. The van der Waals surface area contributed by atoms with E-state index in [1.54, 1.807) is 11.3 Å². The molecule has 6 heteroatoms. The summed E-state index contributed by atoms with van der Waals surface area (Å²) >= 11 is 1.71. The molecule has 2 amide bonds. The Morgan fingerprint density at radius 1 is 1.55 bits per heavy atom. The highest BCUT2D eigenvalue weighted by molar-refractivity contribution is 7.10. The number of nitrogens with one attached hydrogen (secondary N) is 2. The van der Waals surface area contributed by atoms with Crippen LogP contribution in [-0.2, 0) is 4.74 Å². The van der Waals surface area contributed by atoms with Crippen LogP contribution in [0.15, 0.2) is 17.5 Å². The van der Waals surface area contributed by atoms with Crippen molar-refractivity contribution in [3.63, 3.8) is 0 Å². The topological polar surface area (TPSA) is 53.6 Å². The molecule has 0 spiro atoms. The van der Waals surface area contributed by atoms with Crippen LogP contribution >= 0.6 is 11.3 Å². The minimum atomic E-state index is -0.121. The van der Waals surface area contributed by atoms with Crippen molar-refractivity contribution < 1.29 is 9.53 Å². The molecule has 0 bridgehead atoms. The van der Waals surface area contributed by atoms with Crippen molar-refractivity contribution in [2.24, 2.45) is 0 Å². The van der Waals surface area contributed by atoms with Crippen molar-refractivity contribution in [3.05, 3.63) is 22.4 Å². The van der Waals surface area contributed by atoms with E-state index in [4.69, 9.17) is 4.74 Å². The summed E-state index contributed by atoms with van der Waals surface area (Å²) in [7, 11) is 4.05. The molecule has 2 atom stereocenters. The van der Waals surface area contributed by atoms with Crippen molar-refractivity contribution in [2.75, 3.05) is 33.8 Å². The molecule has 2 rings (SSSR count). The van der Waals surface area contributed by atoms with E-state index in [1.807, 2.05) is 20.2 Å². The Morgan fingerprint density at radius 2 is 2.40 bits per heavy atom. The summed E-state index contributed by atoms with van der Waals surface area (Å²) in [6.45, 7) is 2.01. The molecule has 1 saturated heterocycles. The molecule has 1 aliphatic rings. The van der Waals surface area contributed by atoms with Gasteiger partial charge in [0.2, 0.25) is 0 Å². The molecule has 2 heterocycles. The van der Waals surface area contributed by atoms with Gasteiger partial charge in [0.1, 0.15) is 0 Å². The van der Waals surface area contributed by atoms with E-state index in [-0.39, 0.29) is 18.2 Å². The third kappa shape index (κ3) is 4.47. The zero-order valence-corrected chi connectivity index (χ0v) is 12.9. The van der Waals surface area contributed by atoms with E-state index in [1.165, 1.54) is 4.88 Å². The van der Waals surface area contributed by atoms with Crippen molar-refractivity contribution in [1.82, 2.24) is 15.5 Å². The largest absolute Gasteiger partial charge is 0.376 e. The summed E-state index contributed by atoms with van der Waals surface area (Å²) in [5.41, 5.74) is 0.